The number of hydrogen-bond donors (Lipinski definition) is 1. The molecule has 1 N–H and O–H groups in total. The van der Waals surface area contributed by atoms with Gasteiger partial charge in [0.05, 0.1) is 24.9 Å². The third kappa shape index (κ3) is 2.61. The molecule has 0 spiro atoms. The topological polar surface area (TPSA) is 48.3 Å². The van der Waals surface area contributed by atoms with Crippen LogP contribution in [0.1, 0.15) is 5.56 Å². The molecule has 0 atom stereocenters. The molecular formula is C19H18ClN3O2. The number of methoxy groups -OCH3 is 2. The zero-order chi connectivity index (χ0) is 17.4. The van der Waals surface area contributed by atoms with Gasteiger partial charge in [-0.3, -0.25) is 0 Å². The van der Waals surface area contributed by atoms with E-state index in [4.69, 9.17) is 26.2 Å². The Hall–Kier alpha value is -2.66. The Kier molecular flexibility index (Phi) is 4.01. The van der Waals surface area contributed by atoms with Crippen molar-refractivity contribution < 1.29 is 9.47 Å². The van der Waals surface area contributed by atoms with Crippen molar-refractivity contribution in [2.45, 2.75) is 6.42 Å². The van der Waals surface area contributed by atoms with Crippen LogP contribution in [0.3, 0.4) is 0 Å². The van der Waals surface area contributed by atoms with Gasteiger partial charge in [-0.2, -0.15) is 5.10 Å². The highest BCUT2D eigenvalue weighted by Gasteiger charge is 2.26. The average Bonchev–Trinajstić information content (AvgIpc) is 3.24. The van der Waals surface area contributed by atoms with Crippen LogP contribution in [-0.4, -0.2) is 30.5 Å². The Morgan fingerprint density at radius 3 is 2.72 bits per heavy atom. The molecule has 2 heterocycles. The molecule has 1 aromatic heterocycles. The number of aromatic nitrogens is 2. The maximum Gasteiger partial charge on any atom is 0.133 e. The Morgan fingerprint density at radius 1 is 1.12 bits per heavy atom. The second-order valence-corrected chi connectivity index (χ2v) is 6.19. The minimum atomic E-state index is 0.662. The lowest BCUT2D eigenvalue weighted by atomic mass is 10.1. The summed E-state index contributed by atoms with van der Waals surface area (Å²) in [6.07, 6.45) is 0.907. The molecule has 0 saturated carbocycles. The molecule has 25 heavy (non-hydrogen) atoms. The fraction of sp³-hybridized carbons (Fsp3) is 0.211. The number of benzene rings is 2. The number of nitrogens with one attached hydrogen (secondary N) is 1. The molecule has 0 bridgehead atoms. The molecule has 0 radical (unpaired) electrons. The van der Waals surface area contributed by atoms with E-state index in [0.717, 1.165) is 47.2 Å². The van der Waals surface area contributed by atoms with Crippen LogP contribution in [0.15, 0.2) is 42.5 Å². The molecule has 0 aliphatic carbocycles. The van der Waals surface area contributed by atoms with E-state index in [1.807, 2.05) is 47.1 Å². The fourth-order valence-corrected chi connectivity index (χ4v) is 3.40. The first-order valence-electron chi connectivity index (χ1n) is 8.06. The lowest BCUT2D eigenvalue weighted by Crippen LogP contribution is -2.04. The van der Waals surface area contributed by atoms with Gasteiger partial charge in [-0.15, -0.1) is 0 Å². The number of fused-ring (bicyclic) bond motifs is 1. The summed E-state index contributed by atoms with van der Waals surface area (Å²) in [5.41, 5.74) is 3.87. The molecule has 0 fully saturated rings. The Morgan fingerprint density at radius 2 is 1.96 bits per heavy atom. The third-order valence-corrected chi connectivity index (χ3v) is 4.72. The fourth-order valence-electron chi connectivity index (χ4n) is 3.18. The second-order valence-electron chi connectivity index (χ2n) is 5.78. The Balaban J connectivity index is 1.91. The minimum Gasteiger partial charge on any atom is -0.497 e. The average molecular weight is 356 g/mol. The number of ether oxygens (including phenoxy) is 2. The SMILES string of the molecule is COc1ccc(-c2nn(-c3ccccc3Cl)c3c2CCN3)c(OC)c1. The molecule has 1 aliphatic heterocycles. The minimum absolute atomic E-state index is 0.662. The molecule has 3 aromatic rings. The summed E-state index contributed by atoms with van der Waals surface area (Å²) in [6, 6.07) is 13.5. The van der Waals surface area contributed by atoms with E-state index in [0.29, 0.717) is 5.02 Å². The van der Waals surface area contributed by atoms with E-state index in [9.17, 15) is 0 Å². The van der Waals surface area contributed by atoms with Gasteiger partial charge in [0.2, 0.25) is 0 Å². The van der Waals surface area contributed by atoms with E-state index >= 15 is 0 Å². The van der Waals surface area contributed by atoms with Crippen LogP contribution in [0.4, 0.5) is 5.82 Å². The van der Waals surface area contributed by atoms with Gasteiger partial charge >= 0.3 is 0 Å². The lowest BCUT2D eigenvalue weighted by Gasteiger charge is -2.10. The van der Waals surface area contributed by atoms with Crippen molar-refractivity contribution in [2.24, 2.45) is 0 Å². The quantitative estimate of drug-likeness (QED) is 0.762. The summed E-state index contributed by atoms with van der Waals surface area (Å²) in [5, 5.41) is 8.93. The molecule has 5 nitrogen and oxygen atoms in total. The molecular weight excluding hydrogens is 338 g/mol. The van der Waals surface area contributed by atoms with Crippen LogP contribution in [0, 0.1) is 0 Å². The normalized spacial score (nSPS) is 12.6. The summed E-state index contributed by atoms with van der Waals surface area (Å²) in [7, 11) is 3.30. The van der Waals surface area contributed by atoms with Crippen molar-refractivity contribution in [3.05, 3.63) is 53.1 Å². The molecule has 4 rings (SSSR count). The lowest BCUT2D eigenvalue weighted by molar-refractivity contribution is 0.395. The number of hydrogen-bond acceptors (Lipinski definition) is 4. The van der Waals surface area contributed by atoms with Crippen LogP contribution in [-0.2, 0) is 6.42 Å². The van der Waals surface area contributed by atoms with E-state index in [1.165, 1.54) is 5.56 Å². The Labute approximate surface area is 151 Å². The van der Waals surface area contributed by atoms with Crippen molar-refractivity contribution in [1.82, 2.24) is 9.78 Å². The van der Waals surface area contributed by atoms with E-state index in [1.54, 1.807) is 14.2 Å². The second kappa shape index (κ2) is 6.33. The third-order valence-electron chi connectivity index (χ3n) is 4.40. The first-order valence-corrected chi connectivity index (χ1v) is 8.44. The summed E-state index contributed by atoms with van der Waals surface area (Å²) in [6.45, 7) is 0.878. The molecule has 6 heteroatoms. The van der Waals surface area contributed by atoms with Gasteiger partial charge in [0.1, 0.15) is 23.0 Å². The van der Waals surface area contributed by atoms with E-state index < -0.39 is 0 Å². The molecule has 1 aliphatic rings. The predicted molar refractivity (Wildman–Crippen MR) is 99.3 cm³/mol. The van der Waals surface area contributed by atoms with Gasteiger partial charge in [-0.25, -0.2) is 4.68 Å². The van der Waals surface area contributed by atoms with Crippen LogP contribution >= 0.6 is 11.6 Å². The number of anilines is 1. The number of nitrogens with zero attached hydrogens (tertiary/aromatic N) is 2. The van der Waals surface area contributed by atoms with Gasteiger partial charge in [0, 0.05) is 23.7 Å². The monoisotopic (exact) mass is 355 g/mol. The predicted octanol–water partition coefficient (Wildman–Crippen LogP) is 4.18. The highest BCUT2D eigenvalue weighted by atomic mass is 35.5. The van der Waals surface area contributed by atoms with Gasteiger partial charge < -0.3 is 14.8 Å². The highest BCUT2D eigenvalue weighted by molar-refractivity contribution is 6.32. The maximum atomic E-state index is 6.38. The van der Waals surface area contributed by atoms with Gasteiger partial charge in [-0.05, 0) is 30.7 Å². The van der Waals surface area contributed by atoms with Gasteiger partial charge in [0.25, 0.3) is 0 Å². The Bertz CT molecular complexity index is 936. The van der Waals surface area contributed by atoms with Crippen molar-refractivity contribution >= 4 is 17.4 Å². The highest BCUT2D eigenvalue weighted by Crippen LogP contribution is 2.40. The van der Waals surface area contributed by atoms with E-state index in [-0.39, 0.29) is 0 Å². The molecule has 0 unspecified atom stereocenters. The zero-order valence-corrected chi connectivity index (χ0v) is 14.8. The zero-order valence-electron chi connectivity index (χ0n) is 14.0. The summed E-state index contributed by atoms with van der Waals surface area (Å²) in [4.78, 5) is 0. The molecule has 0 amide bonds. The molecule has 2 aromatic carbocycles. The van der Waals surface area contributed by atoms with Crippen LogP contribution in [0.2, 0.25) is 5.02 Å². The molecule has 0 saturated heterocycles. The summed E-state index contributed by atoms with van der Waals surface area (Å²) >= 11 is 6.38. The van der Waals surface area contributed by atoms with Crippen LogP contribution in [0.25, 0.3) is 16.9 Å². The first-order chi connectivity index (χ1) is 12.2. The smallest absolute Gasteiger partial charge is 0.133 e. The van der Waals surface area contributed by atoms with Crippen molar-refractivity contribution in [3.8, 4) is 28.4 Å². The molecule has 128 valence electrons. The standard InChI is InChI=1S/C19H18ClN3O2/c1-24-12-7-8-13(17(11-12)25-2)18-14-9-10-21-19(14)23(22-18)16-6-4-3-5-15(16)20/h3-8,11,21H,9-10H2,1-2H3. The number of para-hydroxylation sites is 1. The van der Waals surface area contributed by atoms with Gasteiger partial charge in [0.15, 0.2) is 0 Å². The largest absolute Gasteiger partial charge is 0.497 e. The summed E-state index contributed by atoms with van der Waals surface area (Å²) < 4.78 is 12.7. The number of rotatable bonds is 4. The first kappa shape index (κ1) is 15.8. The van der Waals surface area contributed by atoms with Gasteiger partial charge in [-0.1, -0.05) is 23.7 Å². The van der Waals surface area contributed by atoms with Crippen LogP contribution < -0.4 is 14.8 Å². The van der Waals surface area contributed by atoms with E-state index in [2.05, 4.69) is 5.32 Å². The maximum absolute atomic E-state index is 6.38. The van der Waals surface area contributed by atoms with Crippen molar-refractivity contribution in [1.29, 1.82) is 0 Å². The summed E-state index contributed by atoms with van der Waals surface area (Å²) in [5.74, 6) is 2.47. The van der Waals surface area contributed by atoms with Crippen molar-refractivity contribution in [2.75, 3.05) is 26.1 Å². The number of halogens is 1. The van der Waals surface area contributed by atoms with Crippen molar-refractivity contribution in [3.63, 3.8) is 0 Å². The van der Waals surface area contributed by atoms with Crippen LogP contribution in [0.5, 0.6) is 11.5 Å².